The number of nitrogens with zero attached hydrogens (tertiary/aromatic N) is 2. The summed E-state index contributed by atoms with van der Waals surface area (Å²) < 4.78 is 13.7. The Bertz CT molecular complexity index is 435. The summed E-state index contributed by atoms with van der Waals surface area (Å²) in [4.78, 5) is 11.3. The van der Waals surface area contributed by atoms with Gasteiger partial charge in [0.25, 0.3) is 5.69 Å². The molecule has 1 rings (SSSR count). The number of halogens is 1. The van der Waals surface area contributed by atoms with Crippen molar-refractivity contribution in [3.05, 3.63) is 28.1 Å². The minimum atomic E-state index is -0.736. The summed E-state index contributed by atoms with van der Waals surface area (Å²) in [6.07, 6.45) is 0. The SMILES string of the molecule is Nc1cc(F)c(N(CCO)CCO)cc1[N+](=O)[O-]. The van der Waals surface area contributed by atoms with Crippen LogP contribution in [-0.2, 0) is 0 Å². The van der Waals surface area contributed by atoms with E-state index >= 15 is 0 Å². The molecule has 1 aromatic rings. The number of nitro groups is 1. The number of aliphatic hydroxyl groups excluding tert-OH is 2. The van der Waals surface area contributed by atoms with E-state index < -0.39 is 16.4 Å². The van der Waals surface area contributed by atoms with E-state index in [9.17, 15) is 14.5 Å². The predicted molar refractivity (Wildman–Crippen MR) is 63.9 cm³/mol. The highest BCUT2D eigenvalue weighted by Crippen LogP contribution is 2.30. The first-order chi connectivity index (χ1) is 8.51. The molecule has 0 amide bonds. The van der Waals surface area contributed by atoms with Crippen molar-refractivity contribution in [3.8, 4) is 0 Å². The average Bonchev–Trinajstić information content (AvgIpc) is 2.28. The molecular weight excluding hydrogens is 245 g/mol. The molecule has 0 spiro atoms. The Morgan fingerprint density at radius 2 is 1.89 bits per heavy atom. The van der Waals surface area contributed by atoms with E-state index in [0.29, 0.717) is 0 Å². The maximum absolute atomic E-state index is 13.7. The molecule has 0 aliphatic carbocycles. The van der Waals surface area contributed by atoms with Gasteiger partial charge in [0.1, 0.15) is 11.5 Å². The Kier molecular flexibility index (Phi) is 4.81. The van der Waals surface area contributed by atoms with Gasteiger partial charge in [-0.25, -0.2) is 4.39 Å². The van der Waals surface area contributed by atoms with Crippen molar-refractivity contribution in [1.29, 1.82) is 0 Å². The number of anilines is 2. The van der Waals surface area contributed by atoms with E-state index in [-0.39, 0.29) is 37.7 Å². The van der Waals surface area contributed by atoms with Gasteiger partial charge >= 0.3 is 0 Å². The molecule has 0 aromatic heterocycles. The summed E-state index contributed by atoms with van der Waals surface area (Å²) in [6, 6.07) is 1.85. The molecule has 0 saturated heterocycles. The van der Waals surface area contributed by atoms with Gasteiger partial charge in [-0.1, -0.05) is 0 Å². The van der Waals surface area contributed by atoms with E-state index in [1.807, 2.05) is 0 Å². The fourth-order valence-electron chi connectivity index (χ4n) is 1.56. The van der Waals surface area contributed by atoms with Gasteiger partial charge in [0.15, 0.2) is 0 Å². The fraction of sp³-hybridized carbons (Fsp3) is 0.400. The van der Waals surface area contributed by atoms with Gasteiger partial charge in [0, 0.05) is 25.2 Å². The minimum absolute atomic E-state index is 0.0541. The maximum Gasteiger partial charge on any atom is 0.294 e. The van der Waals surface area contributed by atoms with Crippen molar-refractivity contribution >= 4 is 17.1 Å². The third-order valence-electron chi connectivity index (χ3n) is 2.37. The summed E-state index contributed by atoms with van der Waals surface area (Å²) in [6.45, 7) is -0.424. The lowest BCUT2D eigenvalue weighted by Gasteiger charge is -2.23. The second kappa shape index (κ2) is 6.12. The smallest absolute Gasteiger partial charge is 0.294 e. The molecule has 1 aromatic carbocycles. The van der Waals surface area contributed by atoms with E-state index in [1.54, 1.807) is 0 Å². The van der Waals surface area contributed by atoms with Crippen LogP contribution < -0.4 is 10.6 Å². The Labute approximate surface area is 102 Å². The maximum atomic E-state index is 13.7. The Balaban J connectivity index is 3.20. The van der Waals surface area contributed by atoms with Crippen molar-refractivity contribution < 1.29 is 19.5 Å². The lowest BCUT2D eigenvalue weighted by molar-refractivity contribution is -0.383. The van der Waals surface area contributed by atoms with Crippen molar-refractivity contribution in [1.82, 2.24) is 0 Å². The Morgan fingerprint density at radius 1 is 1.33 bits per heavy atom. The molecule has 18 heavy (non-hydrogen) atoms. The first-order valence-corrected chi connectivity index (χ1v) is 5.21. The number of nitro benzene ring substituents is 1. The molecule has 0 aliphatic heterocycles. The standard InChI is InChI=1S/C10H14FN3O4/c11-7-5-8(12)10(14(17)18)6-9(7)13(1-3-15)2-4-16/h5-6,15-16H,1-4,12H2. The zero-order valence-corrected chi connectivity index (χ0v) is 9.54. The lowest BCUT2D eigenvalue weighted by Crippen LogP contribution is -2.30. The fourth-order valence-corrected chi connectivity index (χ4v) is 1.56. The van der Waals surface area contributed by atoms with E-state index in [1.165, 1.54) is 4.90 Å². The van der Waals surface area contributed by atoms with Crippen LogP contribution in [0.3, 0.4) is 0 Å². The van der Waals surface area contributed by atoms with Gasteiger partial charge in [-0.3, -0.25) is 10.1 Å². The van der Waals surface area contributed by atoms with Crippen LogP contribution in [0.1, 0.15) is 0 Å². The van der Waals surface area contributed by atoms with E-state index in [0.717, 1.165) is 12.1 Å². The summed E-state index contributed by atoms with van der Waals surface area (Å²) >= 11 is 0. The summed E-state index contributed by atoms with van der Waals surface area (Å²) in [5, 5.41) is 28.4. The molecule has 0 bridgehead atoms. The van der Waals surface area contributed by atoms with Crippen LogP contribution in [0.2, 0.25) is 0 Å². The molecule has 0 aliphatic rings. The van der Waals surface area contributed by atoms with Crippen LogP contribution in [-0.4, -0.2) is 41.4 Å². The summed E-state index contributed by atoms with van der Waals surface area (Å²) in [5.41, 5.74) is 4.59. The molecule has 0 saturated carbocycles. The summed E-state index contributed by atoms with van der Waals surface area (Å²) in [5.74, 6) is -0.736. The molecule has 0 heterocycles. The van der Waals surface area contributed by atoms with Gasteiger partial charge in [-0.15, -0.1) is 0 Å². The Morgan fingerprint density at radius 3 is 2.33 bits per heavy atom. The van der Waals surface area contributed by atoms with Gasteiger partial charge in [-0.05, 0) is 0 Å². The number of rotatable bonds is 6. The van der Waals surface area contributed by atoms with Crippen LogP contribution in [0.25, 0.3) is 0 Å². The van der Waals surface area contributed by atoms with Gasteiger partial charge in [0.05, 0.1) is 23.8 Å². The van der Waals surface area contributed by atoms with E-state index in [4.69, 9.17) is 15.9 Å². The average molecular weight is 259 g/mol. The zero-order chi connectivity index (χ0) is 13.7. The van der Waals surface area contributed by atoms with Crippen LogP contribution in [0.15, 0.2) is 12.1 Å². The molecule has 7 nitrogen and oxygen atoms in total. The molecule has 0 atom stereocenters. The minimum Gasteiger partial charge on any atom is -0.395 e. The Hall–Kier alpha value is -1.93. The first-order valence-electron chi connectivity index (χ1n) is 5.21. The zero-order valence-electron chi connectivity index (χ0n) is 9.54. The quantitative estimate of drug-likeness (QED) is 0.379. The second-order valence-corrected chi connectivity index (χ2v) is 3.55. The number of hydrogen-bond acceptors (Lipinski definition) is 6. The highest BCUT2D eigenvalue weighted by atomic mass is 19.1. The number of benzene rings is 1. The number of aliphatic hydroxyl groups is 2. The van der Waals surface area contributed by atoms with Crippen LogP contribution in [0.4, 0.5) is 21.5 Å². The number of nitrogens with two attached hydrogens (primary N) is 1. The molecule has 100 valence electrons. The summed E-state index contributed by atoms with van der Waals surface area (Å²) in [7, 11) is 0. The van der Waals surface area contributed by atoms with E-state index in [2.05, 4.69) is 0 Å². The van der Waals surface area contributed by atoms with Crippen molar-refractivity contribution in [2.75, 3.05) is 36.9 Å². The second-order valence-electron chi connectivity index (χ2n) is 3.55. The van der Waals surface area contributed by atoms with Gasteiger partial charge in [0.2, 0.25) is 0 Å². The lowest BCUT2D eigenvalue weighted by atomic mass is 10.2. The number of hydrogen-bond donors (Lipinski definition) is 3. The third kappa shape index (κ3) is 3.05. The van der Waals surface area contributed by atoms with Crippen molar-refractivity contribution in [2.45, 2.75) is 0 Å². The van der Waals surface area contributed by atoms with Gasteiger partial charge < -0.3 is 20.8 Å². The van der Waals surface area contributed by atoms with Crippen molar-refractivity contribution in [3.63, 3.8) is 0 Å². The first kappa shape index (κ1) is 14.1. The largest absolute Gasteiger partial charge is 0.395 e. The molecule has 0 unspecified atom stereocenters. The molecule has 4 N–H and O–H groups in total. The molecule has 0 radical (unpaired) electrons. The van der Waals surface area contributed by atoms with Gasteiger partial charge in [-0.2, -0.15) is 0 Å². The monoisotopic (exact) mass is 259 g/mol. The predicted octanol–water partition coefficient (Wildman–Crippen LogP) is 0.107. The van der Waals surface area contributed by atoms with Crippen LogP contribution in [0.5, 0.6) is 0 Å². The topological polar surface area (TPSA) is 113 Å². The van der Waals surface area contributed by atoms with Crippen LogP contribution in [0, 0.1) is 15.9 Å². The molecule has 0 fully saturated rings. The highest BCUT2D eigenvalue weighted by molar-refractivity contribution is 5.67. The molecular formula is C10H14FN3O4. The molecule has 8 heteroatoms. The highest BCUT2D eigenvalue weighted by Gasteiger charge is 2.19. The number of nitrogen functional groups attached to an aromatic ring is 1. The van der Waals surface area contributed by atoms with Crippen molar-refractivity contribution in [2.24, 2.45) is 0 Å². The normalized spacial score (nSPS) is 10.4. The van der Waals surface area contributed by atoms with Crippen LogP contribution >= 0.6 is 0 Å². The third-order valence-corrected chi connectivity index (χ3v) is 2.37.